The number of imidazole rings is 2. The van der Waals surface area contributed by atoms with Crippen LogP contribution in [0.3, 0.4) is 0 Å². The molecule has 2 heterocycles. The van der Waals surface area contributed by atoms with Crippen molar-refractivity contribution in [2.45, 2.75) is 33.6 Å². The Bertz CT molecular complexity index is 1050. The fourth-order valence-corrected chi connectivity index (χ4v) is 3.54. The molecule has 0 bridgehead atoms. The average Bonchev–Trinajstić information content (AvgIpc) is 3.12. The van der Waals surface area contributed by atoms with Gasteiger partial charge in [-0.15, -0.1) is 0 Å². The van der Waals surface area contributed by atoms with Crippen molar-refractivity contribution in [1.82, 2.24) is 14.0 Å². The molecule has 0 aliphatic heterocycles. The summed E-state index contributed by atoms with van der Waals surface area (Å²) in [6, 6.07) is 15.0. The zero-order chi connectivity index (χ0) is 16.0. The van der Waals surface area contributed by atoms with Crippen LogP contribution in [0.15, 0.2) is 48.5 Å². The van der Waals surface area contributed by atoms with Gasteiger partial charge in [-0.1, -0.05) is 44.2 Å². The number of hydrogen-bond donors (Lipinski definition) is 0. The summed E-state index contributed by atoms with van der Waals surface area (Å²) in [5, 5.41) is 0. The van der Waals surface area contributed by atoms with Gasteiger partial charge in [0, 0.05) is 5.70 Å². The lowest BCUT2D eigenvalue weighted by Gasteiger charge is -2.07. The highest BCUT2D eigenvalue weighted by atomic mass is 15.2. The van der Waals surface area contributed by atoms with Gasteiger partial charge in [-0.05, 0) is 43.5 Å². The molecular weight excluding hydrogens is 282 g/mol. The largest absolute Gasteiger partial charge is 0.282 e. The molecule has 0 saturated carbocycles. The normalized spacial score (nSPS) is 12.7. The van der Waals surface area contributed by atoms with Crippen LogP contribution in [0, 0.1) is 0 Å². The molecule has 23 heavy (non-hydrogen) atoms. The fourth-order valence-electron chi connectivity index (χ4n) is 3.54. The molecule has 0 unspecified atom stereocenters. The number of rotatable bonds is 3. The smallest absolute Gasteiger partial charge is 0.220 e. The SMILES string of the molecule is C/C=C(/CC)n1c2ccccc2n2c3cccc(CC)c3nc12. The topological polar surface area (TPSA) is 22.2 Å². The van der Waals surface area contributed by atoms with E-state index in [0.717, 1.165) is 24.1 Å². The van der Waals surface area contributed by atoms with Crippen LogP contribution in [0.4, 0.5) is 0 Å². The van der Waals surface area contributed by atoms with Gasteiger partial charge in [0.1, 0.15) is 0 Å². The van der Waals surface area contributed by atoms with Crippen LogP contribution in [0.2, 0.25) is 0 Å². The minimum atomic E-state index is 0.981. The quantitative estimate of drug-likeness (QED) is 0.505. The third-order valence-corrected chi connectivity index (χ3v) is 4.68. The van der Waals surface area contributed by atoms with Crippen LogP contribution in [0.5, 0.6) is 0 Å². The Morgan fingerprint density at radius 3 is 2.43 bits per heavy atom. The number of para-hydroxylation sites is 3. The fraction of sp³-hybridized carbons (Fsp3) is 0.250. The lowest BCUT2D eigenvalue weighted by Crippen LogP contribution is -1.96. The van der Waals surface area contributed by atoms with Crippen LogP contribution in [-0.2, 0) is 6.42 Å². The van der Waals surface area contributed by atoms with Crippen molar-refractivity contribution in [2.24, 2.45) is 0 Å². The maximum Gasteiger partial charge on any atom is 0.220 e. The van der Waals surface area contributed by atoms with E-state index in [4.69, 9.17) is 4.98 Å². The first-order valence-corrected chi connectivity index (χ1v) is 8.35. The Labute approximate surface area is 135 Å². The molecule has 3 nitrogen and oxygen atoms in total. The third-order valence-electron chi connectivity index (χ3n) is 4.68. The maximum atomic E-state index is 5.03. The summed E-state index contributed by atoms with van der Waals surface area (Å²) < 4.78 is 4.60. The summed E-state index contributed by atoms with van der Waals surface area (Å²) in [6.45, 7) is 6.49. The van der Waals surface area contributed by atoms with Crippen molar-refractivity contribution in [3.63, 3.8) is 0 Å². The van der Waals surface area contributed by atoms with Gasteiger partial charge in [0.05, 0.1) is 22.1 Å². The second kappa shape index (κ2) is 5.27. The molecule has 2 aromatic heterocycles. The van der Waals surface area contributed by atoms with Crippen molar-refractivity contribution in [3.05, 3.63) is 54.1 Å². The molecule has 0 aliphatic carbocycles. The van der Waals surface area contributed by atoms with E-state index < -0.39 is 0 Å². The molecule has 4 rings (SSSR count). The van der Waals surface area contributed by atoms with Crippen LogP contribution in [0.1, 0.15) is 32.8 Å². The molecule has 0 fully saturated rings. The summed E-state index contributed by atoms with van der Waals surface area (Å²) in [4.78, 5) is 5.03. The van der Waals surface area contributed by atoms with Crippen LogP contribution in [0.25, 0.3) is 33.5 Å². The summed E-state index contributed by atoms with van der Waals surface area (Å²) in [6.07, 6.45) is 4.17. The first kappa shape index (κ1) is 14.1. The number of hydrogen-bond acceptors (Lipinski definition) is 1. The second-order valence-electron chi connectivity index (χ2n) is 5.84. The van der Waals surface area contributed by atoms with Crippen molar-refractivity contribution in [1.29, 1.82) is 0 Å². The second-order valence-corrected chi connectivity index (χ2v) is 5.84. The molecule has 0 saturated heterocycles. The van der Waals surface area contributed by atoms with E-state index in [9.17, 15) is 0 Å². The predicted octanol–water partition coefficient (Wildman–Crippen LogP) is 5.28. The first-order valence-electron chi connectivity index (χ1n) is 8.35. The van der Waals surface area contributed by atoms with Crippen LogP contribution < -0.4 is 0 Å². The molecule has 4 aromatic rings. The third kappa shape index (κ3) is 1.86. The standard InChI is InChI=1S/C20H21N3/c1-4-14-10-9-13-18-19(14)21-20-22(15(5-2)6-3)16-11-7-8-12-17(16)23(18)20/h5,7-13H,4,6H2,1-3H3/b15-5-. The highest BCUT2D eigenvalue weighted by molar-refractivity contribution is 5.94. The van der Waals surface area contributed by atoms with E-state index in [1.54, 1.807) is 0 Å². The van der Waals surface area contributed by atoms with Gasteiger partial charge >= 0.3 is 0 Å². The zero-order valence-corrected chi connectivity index (χ0v) is 13.9. The van der Waals surface area contributed by atoms with E-state index in [-0.39, 0.29) is 0 Å². The predicted molar refractivity (Wildman–Crippen MR) is 97.8 cm³/mol. The molecule has 0 spiro atoms. The summed E-state index contributed by atoms with van der Waals surface area (Å²) in [7, 11) is 0. The highest BCUT2D eigenvalue weighted by Crippen LogP contribution is 2.30. The molecule has 0 radical (unpaired) electrons. The van der Waals surface area contributed by atoms with E-state index in [1.165, 1.54) is 27.8 Å². The molecule has 3 heteroatoms. The number of fused-ring (bicyclic) bond motifs is 5. The Morgan fingerprint density at radius 1 is 1.00 bits per heavy atom. The number of aromatic nitrogens is 3. The van der Waals surface area contributed by atoms with E-state index >= 15 is 0 Å². The summed E-state index contributed by atoms with van der Waals surface area (Å²) in [5.74, 6) is 1.01. The average molecular weight is 303 g/mol. The molecule has 0 N–H and O–H groups in total. The lowest BCUT2D eigenvalue weighted by molar-refractivity contribution is 1.04. The van der Waals surface area contributed by atoms with Gasteiger partial charge in [0.15, 0.2) is 0 Å². The van der Waals surface area contributed by atoms with Crippen molar-refractivity contribution in [3.8, 4) is 0 Å². The summed E-state index contributed by atoms with van der Waals surface area (Å²) in [5.41, 5.74) is 7.33. The molecule has 0 amide bonds. The van der Waals surface area contributed by atoms with E-state index in [1.807, 2.05) is 0 Å². The Kier molecular flexibility index (Phi) is 3.22. The Balaban J connectivity index is 2.26. The summed E-state index contributed by atoms with van der Waals surface area (Å²) >= 11 is 0. The van der Waals surface area contributed by atoms with Gasteiger partial charge in [0.2, 0.25) is 5.78 Å². The lowest BCUT2D eigenvalue weighted by atomic mass is 10.1. The number of nitrogens with zero attached hydrogens (tertiary/aromatic N) is 3. The van der Waals surface area contributed by atoms with Gasteiger partial charge in [-0.3, -0.25) is 8.97 Å². The number of allylic oxidation sites excluding steroid dienone is 2. The molecule has 0 atom stereocenters. The monoisotopic (exact) mass is 303 g/mol. The molecule has 0 aliphatic rings. The Morgan fingerprint density at radius 2 is 1.74 bits per heavy atom. The van der Waals surface area contributed by atoms with Crippen LogP contribution >= 0.6 is 0 Å². The van der Waals surface area contributed by atoms with Gasteiger partial charge in [-0.25, -0.2) is 4.98 Å². The van der Waals surface area contributed by atoms with Gasteiger partial charge in [-0.2, -0.15) is 0 Å². The molecule has 2 aromatic carbocycles. The van der Waals surface area contributed by atoms with Gasteiger partial charge in [0.25, 0.3) is 0 Å². The van der Waals surface area contributed by atoms with E-state index in [0.29, 0.717) is 0 Å². The minimum Gasteiger partial charge on any atom is -0.282 e. The zero-order valence-electron chi connectivity index (χ0n) is 13.9. The molecular formula is C20H21N3. The number of aryl methyl sites for hydroxylation is 1. The van der Waals surface area contributed by atoms with Crippen molar-refractivity contribution >= 4 is 33.5 Å². The molecule has 116 valence electrons. The number of benzene rings is 2. The Hall–Kier alpha value is -2.55. The highest BCUT2D eigenvalue weighted by Gasteiger charge is 2.17. The van der Waals surface area contributed by atoms with E-state index in [2.05, 4.69) is 78.3 Å². The van der Waals surface area contributed by atoms with Crippen LogP contribution in [-0.4, -0.2) is 14.0 Å². The first-order chi connectivity index (χ1) is 11.3. The minimum absolute atomic E-state index is 0.981. The maximum absolute atomic E-state index is 5.03. The van der Waals surface area contributed by atoms with Crippen molar-refractivity contribution in [2.75, 3.05) is 0 Å². The van der Waals surface area contributed by atoms with Gasteiger partial charge < -0.3 is 0 Å². The van der Waals surface area contributed by atoms with Crippen molar-refractivity contribution < 1.29 is 0 Å².